The summed E-state index contributed by atoms with van der Waals surface area (Å²) in [7, 11) is 0. The van der Waals surface area contributed by atoms with Crippen LogP contribution in [-0.2, 0) is 16.0 Å². The van der Waals surface area contributed by atoms with Gasteiger partial charge in [0.1, 0.15) is 6.61 Å². The molecule has 2 aliphatic rings. The number of aryl methyl sites for hydroxylation is 1. The van der Waals surface area contributed by atoms with Gasteiger partial charge in [0.2, 0.25) is 5.91 Å². The van der Waals surface area contributed by atoms with E-state index in [0.29, 0.717) is 12.6 Å². The molecule has 0 radical (unpaired) electrons. The number of hydrogen-bond acceptors (Lipinski definition) is 3. The number of carbonyl (C=O) groups excluding carboxylic acids is 1. The van der Waals surface area contributed by atoms with E-state index in [4.69, 9.17) is 9.84 Å². The minimum Gasteiger partial charge on any atom is -0.372 e. The zero-order valence-electron chi connectivity index (χ0n) is 12.8. The molecule has 1 N–H and O–H groups in total. The molecule has 1 heterocycles. The molecule has 3 rings (SSSR count). The van der Waals surface area contributed by atoms with Crippen LogP contribution in [0.4, 0.5) is 0 Å². The third-order valence-electron chi connectivity index (χ3n) is 4.58. The van der Waals surface area contributed by atoms with E-state index in [-0.39, 0.29) is 18.6 Å². The van der Waals surface area contributed by atoms with Gasteiger partial charge in [0.15, 0.2) is 0 Å². The second kappa shape index (κ2) is 6.60. The highest BCUT2D eigenvalue weighted by molar-refractivity contribution is 5.77. The fraction of sp³-hybridized carbons (Fsp3) is 0.750. The Balaban J connectivity index is 1.70. The molecule has 5 nitrogen and oxygen atoms in total. The van der Waals surface area contributed by atoms with Crippen LogP contribution in [0.3, 0.4) is 0 Å². The number of carbonyl (C=O) groups is 1. The van der Waals surface area contributed by atoms with Crippen LogP contribution in [0.5, 0.6) is 0 Å². The molecular formula is C16H25N3O2. The Morgan fingerprint density at radius 3 is 2.95 bits per heavy atom. The monoisotopic (exact) mass is 291 g/mol. The molecule has 1 atom stereocenters. The summed E-state index contributed by atoms with van der Waals surface area (Å²) in [4.78, 5) is 11.9. The summed E-state index contributed by atoms with van der Waals surface area (Å²) in [6.07, 6.45) is 10.5. The Kier molecular flexibility index (Phi) is 4.58. The summed E-state index contributed by atoms with van der Waals surface area (Å²) < 4.78 is 7.33. The first-order valence-electron chi connectivity index (χ1n) is 8.23. The van der Waals surface area contributed by atoms with Crippen molar-refractivity contribution in [1.29, 1.82) is 0 Å². The van der Waals surface area contributed by atoms with Crippen LogP contribution in [0, 0.1) is 0 Å². The Morgan fingerprint density at radius 2 is 2.19 bits per heavy atom. The Hall–Kier alpha value is -1.36. The lowest BCUT2D eigenvalue weighted by Gasteiger charge is -2.22. The molecule has 2 aliphatic carbocycles. The van der Waals surface area contributed by atoms with E-state index in [9.17, 15) is 4.79 Å². The summed E-state index contributed by atoms with van der Waals surface area (Å²) in [5.41, 5.74) is 2.40. The summed E-state index contributed by atoms with van der Waals surface area (Å²) in [5.74, 6) is -0.0369. The Labute approximate surface area is 126 Å². The highest BCUT2D eigenvalue weighted by Crippen LogP contribution is 2.33. The molecule has 1 fully saturated rings. The Morgan fingerprint density at radius 1 is 1.38 bits per heavy atom. The van der Waals surface area contributed by atoms with Crippen LogP contribution >= 0.6 is 0 Å². The van der Waals surface area contributed by atoms with Crippen LogP contribution in [0.1, 0.15) is 68.8 Å². The molecule has 1 aromatic heterocycles. The molecule has 0 spiro atoms. The summed E-state index contributed by atoms with van der Waals surface area (Å²) >= 11 is 0. The first kappa shape index (κ1) is 14.6. The van der Waals surface area contributed by atoms with Crippen molar-refractivity contribution >= 4 is 5.91 Å². The van der Waals surface area contributed by atoms with Gasteiger partial charge in [0.05, 0.1) is 17.8 Å². The minimum atomic E-state index is -0.0369. The fourth-order valence-electron chi connectivity index (χ4n) is 3.49. The van der Waals surface area contributed by atoms with E-state index in [1.807, 2.05) is 6.92 Å². The predicted octanol–water partition coefficient (Wildman–Crippen LogP) is 2.53. The molecule has 0 saturated heterocycles. The fourth-order valence-corrected chi connectivity index (χ4v) is 3.49. The second-order valence-corrected chi connectivity index (χ2v) is 6.11. The van der Waals surface area contributed by atoms with E-state index in [1.165, 1.54) is 31.2 Å². The number of amides is 1. The summed E-state index contributed by atoms with van der Waals surface area (Å²) in [6, 6.07) is 0.625. The molecule has 5 heteroatoms. The lowest BCUT2D eigenvalue weighted by Crippen LogP contribution is -2.33. The highest BCUT2D eigenvalue weighted by atomic mass is 16.5. The molecular weight excluding hydrogens is 266 g/mol. The maximum Gasteiger partial charge on any atom is 0.246 e. The van der Waals surface area contributed by atoms with Gasteiger partial charge in [0, 0.05) is 12.8 Å². The van der Waals surface area contributed by atoms with Crippen molar-refractivity contribution in [2.75, 3.05) is 13.2 Å². The van der Waals surface area contributed by atoms with Gasteiger partial charge in [-0.05, 0) is 44.6 Å². The molecule has 116 valence electrons. The van der Waals surface area contributed by atoms with Gasteiger partial charge >= 0.3 is 0 Å². The number of aromatic nitrogens is 2. The standard InChI is InChI=1S/C16H25N3O2/c1-2-21-11-15(20)17-14-9-5-6-12-10-19(18-16(12)14)13-7-3-4-8-13/h10,13-14H,2-9,11H2,1H3,(H,17,20). The van der Waals surface area contributed by atoms with Crippen molar-refractivity contribution in [1.82, 2.24) is 15.1 Å². The van der Waals surface area contributed by atoms with Crippen LogP contribution < -0.4 is 5.32 Å². The van der Waals surface area contributed by atoms with Crippen molar-refractivity contribution in [2.45, 2.75) is 64.0 Å². The zero-order chi connectivity index (χ0) is 14.7. The number of hydrogen-bond donors (Lipinski definition) is 1. The van der Waals surface area contributed by atoms with Gasteiger partial charge in [0.25, 0.3) is 0 Å². The lowest BCUT2D eigenvalue weighted by molar-refractivity contribution is -0.126. The molecule has 1 saturated carbocycles. The van der Waals surface area contributed by atoms with Crippen LogP contribution in [0.25, 0.3) is 0 Å². The summed E-state index contributed by atoms with van der Waals surface area (Å²) in [6.45, 7) is 2.61. The van der Waals surface area contributed by atoms with Crippen LogP contribution in [-0.4, -0.2) is 28.9 Å². The van der Waals surface area contributed by atoms with Gasteiger partial charge in [-0.2, -0.15) is 5.10 Å². The van der Waals surface area contributed by atoms with Gasteiger partial charge in [-0.1, -0.05) is 12.8 Å². The third kappa shape index (κ3) is 3.28. The number of ether oxygens (including phenoxy) is 1. The highest BCUT2D eigenvalue weighted by Gasteiger charge is 2.27. The van der Waals surface area contributed by atoms with E-state index < -0.39 is 0 Å². The SMILES string of the molecule is CCOCC(=O)NC1CCCc2cn(C3CCCC3)nc21. The predicted molar refractivity (Wildman–Crippen MR) is 80.0 cm³/mol. The first-order valence-corrected chi connectivity index (χ1v) is 8.23. The smallest absolute Gasteiger partial charge is 0.246 e. The quantitative estimate of drug-likeness (QED) is 0.907. The normalized spacial score (nSPS) is 22.2. The van der Waals surface area contributed by atoms with Crippen molar-refractivity contribution in [3.8, 4) is 0 Å². The molecule has 1 amide bonds. The zero-order valence-corrected chi connectivity index (χ0v) is 12.8. The van der Waals surface area contributed by atoms with Crippen molar-refractivity contribution in [2.24, 2.45) is 0 Å². The van der Waals surface area contributed by atoms with E-state index >= 15 is 0 Å². The number of rotatable bonds is 5. The van der Waals surface area contributed by atoms with E-state index in [0.717, 1.165) is 25.0 Å². The van der Waals surface area contributed by atoms with Crippen LogP contribution in [0.2, 0.25) is 0 Å². The number of nitrogens with zero attached hydrogens (tertiary/aromatic N) is 2. The molecule has 1 unspecified atom stereocenters. The van der Waals surface area contributed by atoms with Crippen molar-refractivity contribution in [3.63, 3.8) is 0 Å². The second-order valence-electron chi connectivity index (χ2n) is 6.11. The molecule has 0 aliphatic heterocycles. The van der Waals surface area contributed by atoms with Crippen LogP contribution in [0.15, 0.2) is 6.20 Å². The summed E-state index contributed by atoms with van der Waals surface area (Å²) in [5, 5.41) is 7.88. The maximum atomic E-state index is 11.9. The third-order valence-corrected chi connectivity index (χ3v) is 4.58. The van der Waals surface area contributed by atoms with E-state index in [2.05, 4.69) is 16.2 Å². The molecule has 21 heavy (non-hydrogen) atoms. The largest absolute Gasteiger partial charge is 0.372 e. The first-order chi connectivity index (χ1) is 10.3. The molecule has 0 bridgehead atoms. The van der Waals surface area contributed by atoms with Crippen molar-refractivity contribution < 1.29 is 9.53 Å². The lowest BCUT2D eigenvalue weighted by atomic mass is 9.94. The molecule has 1 aromatic rings. The number of nitrogens with one attached hydrogen (secondary N) is 1. The maximum absolute atomic E-state index is 11.9. The topological polar surface area (TPSA) is 56.1 Å². The average molecular weight is 291 g/mol. The minimum absolute atomic E-state index is 0.0369. The van der Waals surface area contributed by atoms with E-state index in [1.54, 1.807) is 0 Å². The van der Waals surface area contributed by atoms with Gasteiger partial charge in [-0.3, -0.25) is 9.48 Å². The Bertz CT molecular complexity index is 492. The number of fused-ring (bicyclic) bond motifs is 1. The van der Waals surface area contributed by atoms with Crippen molar-refractivity contribution in [3.05, 3.63) is 17.5 Å². The molecule has 0 aromatic carbocycles. The van der Waals surface area contributed by atoms with Gasteiger partial charge in [-0.15, -0.1) is 0 Å². The van der Waals surface area contributed by atoms with Gasteiger partial charge in [-0.25, -0.2) is 0 Å². The average Bonchev–Trinajstić information content (AvgIpc) is 3.13. The van der Waals surface area contributed by atoms with Gasteiger partial charge < -0.3 is 10.1 Å².